The average Bonchev–Trinajstić information content (AvgIpc) is 2.40. The molecule has 98 valence electrons. The van der Waals surface area contributed by atoms with Crippen LogP contribution in [0.3, 0.4) is 0 Å². The summed E-state index contributed by atoms with van der Waals surface area (Å²) in [5.74, 6) is 1.09. The fraction of sp³-hybridized carbons (Fsp3) is 0.600. The topological polar surface area (TPSA) is 33.3 Å². The van der Waals surface area contributed by atoms with E-state index in [0.717, 1.165) is 44.6 Å². The molecule has 2 aliphatic rings. The van der Waals surface area contributed by atoms with Gasteiger partial charge in [0.15, 0.2) is 0 Å². The first-order valence-electron chi connectivity index (χ1n) is 7.02. The quantitative estimate of drug-likeness (QED) is 0.841. The molecule has 0 bridgehead atoms. The fourth-order valence-corrected chi connectivity index (χ4v) is 2.90. The van der Waals surface area contributed by atoms with Gasteiger partial charge in [0.05, 0.1) is 0 Å². The van der Waals surface area contributed by atoms with Crippen molar-refractivity contribution in [3.05, 3.63) is 23.8 Å². The Bertz CT molecular complexity index is 425. The number of rotatable bonds is 2. The van der Waals surface area contributed by atoms with Gasteiger partial charge < -0.3 is 15.4 Å². The number of ether oxygens (including phenoxy) is 1. The molecule has 0 radical (unpaired) electrons. The molecule has 3 nitrogen and oxygen atoms in total. The van der Waals surface area contributed by atoms with Crippen LogP contribution in [0.4, 0.5) is 5.69 Å². The van der Waals surface area contributed by atoms with Gasteiger partial charge in [-0.25, -0.2) is 0 Å². The summed E-state index contributed by atoms with van der Waals surface area (Å²) in [6.45, 7) is 5.44. The number of hydrogen-bond acceptors (Lipinski definition) is 3. The zero-order valence-corrected chi connectivity index (χ0v) is 11.1. The van der Waals surface area contributed by atoms with Gasteiger partial charge in [0.2, 0.25) is 0 Å². The maximum Gasteiger partial charge on any atom is 0.125 e. The van der Waals surface area contributed by atoms with E-state index in [4.69, 9.17) is 4.74 Å². The summed E-state index contributed by atoms with van der Waals surface area (Å²) in [6, 6.07) is 6.38. The largest absolute Gasteiger partial charge is 0.487 e. The van der Waals surface area contributed by atoms with E-state index in [2.05, 4.69) is 35.8 Å². The molecule has 18 heavy (non-hydrogen) atoms. The molecule has 0 aromatic heterocycles. The Morgan fingerprint density at radius 3 is 2.83 bits per heavy atom. The van der Waals surface area contributed by atoms with E-state index in [-0.39, 0.29) is 5.60 Å². The second-order valence-corrected chi connectivity index (χ2v) is 5.61. The smallest absolute Gasteiger partial charge is 0.125 e. The predicted molar refractivity (Wildman–Crippen MR) is 74.4 cm³/mol. The second-order valence-electron chi connectivity index (χ2n) is 5.61. The normalized spacial score (nSPS) is 21.8. The number of anilines is 1. The first-order chi connectivity index (χ1) is 8.77. The third-order valence-corrected chi connectivity index (χ3v) is 4.07. The van der Waals surface area contributed by atoms with Gasteiger partial charge in [-0.05, 0) is 57.8 Å². The zero-order chi connectivity index (χ0) is 12.4. The van der Waals surface area contributed by atoms with Gasteiger partial charge in [-0.15, -0.1) is 0 Å². The minimum absolute atomic E-state index is 0.00216. The van der Waals surface area contributed by atoms with Gasteiger partial charge >= 0.3 is 0 Å². The van der Waals surface area contributed by atoms with Crippen LogP contribution in [-0.2, 0) is 6.42 Å². The summed E-state index contributed by atoms with van der Waals surface area (Å²) in [5.41, 5.74) is 2.62. The molecule has 0 saturated carbocycles. The molecule has 1 aromatic rings. The first-order valence-corrected chi connectivity index (χ1v) is 7.02. The molecule has 3 heteroatoms. The van der Waals surface area contributed by atoms with E-state index in [1.807, 2.05) is 0 Å². The van der Waals surface area contributed by atoms with Crippen LogP contribution in [0.5, 0.6) is 5.75 Å². The number of hydrogen-bond donors (Lipinski definition) is 2. The Morgan fingerprint density at radius 1 is 1.17 bits per heavy atom. The lowest BCUT2D eigenvalue weighted by molar-refractivity contribution is 0.0546. The van der Waals surface area contributed by atoms with Crippen molar-refractivity contribution in [1.82, 2.24) is 5.32 Å². The number of nitrogens with one attached hydrogen (secondary N) is 2. The summed E-state index contributed by atoms with van der Waals surface area (Å²) in [4.78, 5) is 0. The molecule has 0 aliphatic carbocycles. The standard InChI is InChI=1S/C15H22N2O/c1-15(7-10-16-11-8-15)18-14-6-2-5-13-12(14)4-3-9-17-13/h2,5-6,16-17H,3-4,7-11H2,1H3. The summed E-state index contributed by atoms with van der Waals surface area (Å²) < 4.78 is 6.36. The molecule has 0 unspecified atom stereocenters. The number of piperidine rings is 1. The van der Waals surface area contributed by atoms with Crippen molar-refractivity contribution in [2.45, 2.75) is 38.2 Å². The van der Waals surface area contributed by atoms with Crippen LogP contribution >= 0.6 is 0 Å². The molecule has 3 rings (SSSR count). The van der Waals surface area contributed by atoms with Crippen LogP contribution < -0.4 is 15.4 Å². The Kier molecular flexibility index (Phi) is 3.16. The van der Waals surface area contributed by atoms with Crippen molar-refractivity contribution >= 4 is 5.69 Å². The fourth-order valence-electron chi connectivity index (χ4n) is 2.90. The van der Waals surface area contributed by atoms with Crippen LogP contribution in [0.25, 0.3) is 0 Å². The van der Waals surface area contributed by atoms with Crippen molar-refractivity contribution in [3.63, 3.8) is 0 Å². The lowest BCUT2D eigenvalue weighted by Crippen LogP contribution is -2.44. The van der Waals surface area contributed by atoms with Crippen LogP contribution in [0.1, 0.15) is 31.7 Å². The van der Waals surface area contributed by atoms with Crippen LogP contribution in [0.15, 0.2) is 18.2 Å². The van der Waals surface area contributed by atoms with Gasteiger partial charge in [0.25, 0.3) is 0 Å². The van der Waals surface area contributed by atoms with Crippen LogP contribution in [0.2, 0.25) is 0 Å². The third kappa shape index (κ3) is 2.32. The molecule has 2 aliphatic heterocycles. The Hall–Kier alpha value is -1.22. The van der Waals surface area contributed by atoms with Crippen LogP contribution in [0, 0.1) is 0 Å². The molecular weight excluding hydrogens is 224 g/mol. The molecule has 1 saturated heterocycles. The highest BCUT2D eigenvalue weighted by Crippen LogP contribution is 2.34. The van der Waals surface area contributed by atoms with Crippen molar-refractivity contribution in [2.24, 2.45) is 0 Å². The molecular formula is C15H22N2O. The van der Waals surface area contributed by atoms with Gasteiger partial charge in [-0.2, -0.15) is 0 Å². The van der Waals surface area contributed by atoms with Gasteiger partial charge in [-0.1, -0.05) is 6.07 Å². The van der Waals surface area contributed by atoms with E-state index in [9.17, 15) is 0 Å². The predicted octanol–water partition coefficient (Wildman–Crippen LogP) is 2.57. The van der Waals surface area contributed by atoms with E-state index in [0.29, 0.717) is 0 Å². The molecule has 1 fully saturated rings. The molecule has 0 amide bonds. The zero-order valence-electron chi connectivity index (χ0n) is 11.1. The lowest BCUT2D eigenvalue weighted by atomic mass is 9.94. The molecule has 0 atom stereocenters. The van der Waals surface area contributed by atoms with Crippen molar-refractivity contribution in [3.8, 4) is 5.75 Å². The molecule has 1 aromatic carbocycles. The van der Waals surface area contributed by atoms with Crippen LogP contribution in [-0.4, -0.2) is 25.2 Å². The molecule has 0 spiro atoms. The Morgan fingerprint density at radius 2 is 2.00 bits per heavy atom. The van der Waals surface area contributed by atoms with Crippen molar-refractivity contribution in [1.29, 1.82) is 0 Å². The molecule has 2 N–H and O–H groups in total. The van der Waals surface area contributed by atoms with Crippen molar-refractivity contribution < 1.29 is 4.74 Å². The minimum Gasteiger partial charge on any atom is -0.487 e. The Labute approximate surface area is 109 Å². The van der Waals surface area contributed by atoms with E-state index >= 15 is 0 Å². The van der Waals surface area contributed by atoms with Crippen molar-refractivity contribution in [2.75, 3.05) is 25.0 Å². The highest BCUT2D eigenvalue weighted by atomic mass is 16.5. The maximum absolute atomic E-state index is 6.36. The Balaban J connectivity index is 1.83. The van der Waals surface area contributed by atoms with Gasteiger partial charge in [0.1, 0.15) is 11.4 Å². The van der Waals surface area contributed by atoms with Gasteiger partial charge in [-0.3, -0.25) is 0 Å². The summed E-state index contributed by atoms with van der Waals surface area (Å²) in [7, 11) is 0. The molecule has 2 heterocycles. The van der Waals surface area contributed by atoms with Gasteiger partial charge in [0, 0.05) is 17.8 Å². The van der Waals surface area contributed by atoms with E-state index in [1.165, 1.54) is 17.7 Å². The van der Waals surface area contributed by atoms with E-state index in [1.54, 1.807) is 0 Å². The lowest BCUT2D eigenvalue weighted by Gasteiger charge is -2.36. The highest BCUT2D eigenvalue weighted by Gasteiger charge is 2.29. The number of benzene rings is 1. The minimum atomic E-state index is -0.00216. The second kappa shape index (κ2) is 4.81. The summed E-state index contributed by atoms with van der Waals surface area (Å²) in [5, 5.41) is 6.86. The first kappa shape index (κ1) is 11.8. The monoisotopic (exact) mass is 246 g/mol. The summed E-state index contributed by atoms with van der Waals surface area (Å²) in [6.07, 6.45) is 4.51. The summed E-state index contributed by atoms with van der Waals surface area (Å²) >= 11 is 0. The SMILES string of the molecule is CC1(Oc2cccc3c2CCCN3)CCNCC1. The van der Waals surface area contributed by atoms with E-state index < -0.39 is 0 Å². The average molecular weight is 246 g/mol. The highest BCUT2D eigenvalue weighted by molar-refractivity contribution is 5.59. The third-order valence-electron chi connectivity index (χ3n) is 4.07. The maximum atomic E-state index is 6.36. The number of fused-ring (bicyclic) bond motifs is 1.